The van der Waals surface area contributed by atoms with E-state index in [1.165, 1.54) is 27.7 Å². The van der Waals surface area contributed by atoms with Crippen molar-refractivity contribution in [1.29, 1.82) is 0 Å². The van der Waals surface area contributed by atoms with E-state index in [0.29, 0.717) is 12.1 Å². The van der Waals surface area contributed by atoms with Crippen LogP contribution in [0.15, 0.2) is 23.1 Å². The maximum atomic E-state index is 13.7. The fraction of sp³-hybridized carbons (Fsp3) is 0.500. The van der Waals surface area contributed by atoms with Gasteiger partial charge in [0.15, 0.2) is 0 Å². The topological polar surface area (TPSA) is 110 Å². The van der Waals surface area contributed by atoms with Crippen molar-refractivity contribution < 1.29 is 22.8 Å². The zero-order valence-corrected chi connectivity index (χ0v) is 12.9. The van der Waals surface area contributed by atoms with Gasteiger partial charge in [-0.1, -0.05) is 0 Å². The average molecular weight is 320 g/mol. The molecule has 9 heteroatoms. The number of nitro groups is 1. The van der Waals surface area contributed by atoms with E-state index in [0.717, 1.165) is 6.07 Å². The van der Waals surface area contributed by atoms with Crippen molar-refractivity contribution in [2.75, 3.05) is 0 Å². The van der Waals surface area contributed by atoms with Gasteiger partial charge >= 0.3 is 0 Å². The monoisotopic (exact) mass is 320 g/mol. The van der Waals surface area contributed by atoms with Crippen LogP contribution in [0.1, 0.15) is 27.7 Å². The number of nitro benzene ring substituents is 1. The highest BCUT2D eigenvalue weighted by atomic mass is 32.2. The van der Waals surface area contributed by atoms with E-state index in [9.17, 15) is 28.0 Å². The van der Waals surface area contributed by atoms with Crippen LogP contribution >= 0.6 is 0 Å². The van der Waals surface area contributed by atoms with Crippen molar-refractivity contribution in [2.24, 2.45) is 0 Å². The zero-order chi connectivity index (χ0) is 16.6. The summed E-state index contributed by atoms with van der Waals surface area (Å²) < 4.78 is 40.3. The lowest BCUT2D eigenvalue weighted by Crippen LogP contribution is -2.57. The molecular formula is C12H17FN2O5S. The Kier molecular flexibility index (Phi) is 4.42. The molecule has 21 heavy (non-hydrogen) atoms. The highest BCUT2D eigenvalue weighted by Gasteiger charge is 2.39. The molecule has 2 N–H and O–H groups in total. The van der Waals surface area contributed by atoms with Crippen LogP contribution in [0.25, 0.3) is 0 Å². The van der Waals surface area contributed by atoms with Gasteiger partial charge in [-0.25, -0.2) is 17.5 Å². The van der Waals surface area contributed by atoms with E-state index >= 15 is 0 Å². The maximum Gasteiger partial charge on any atom is 0.270 e. The smallest absolute Gasteiger partial charge is 0.270 e. The molecule has 0 radical (unpaired) electrons. The molecule has 0 aliphatic heterocycles. The molecule has 0 aromatic heterocycles. The second kappa shape index (κ2) is 5.32. The van der Waals surface area contributed by atoms with Crippen LogP contribution in [0.5, 0.6) is 0 Å². The molecule has 0 amide bonds. The van der Waals surface area contributed by atoms with Crippen molar-refractivity contribution in [2.45, 2.75) is 43.7 Å². The minimum Gasteiger partial charge on any atom is -0.389 e. The fourth-order valence-electron chi connectivity index (χ4n) is 1.33. The molecular weight excluding hydrogens is 303 g/mol. The molecule has 0 bridgehead atoms. The first-order valence-electron chi connectivity index (χ1n) is 5.98. The molecule has 0 unspecified atom stereocenters. The number of hydrogen-bond acceptors (Lipinski definition) is 5. The standard InChI is InChI=1S/C12H17FN2O5S/c1-11(2,12(3,4)16)14-21(19,20)10-7-8(15(17)18)5-6-9(10)13/h5-7,14,16H,1-4H3. The first-order chi connectivity index (χ1) is 9.28. The quantitative estimate of drug-likeness (QED) is 0.632. The van der Waals surface area contributed by atoms with E-state index in [2.05, 4.69) is 4.72 Å². The Labute approximate surface area is 122 Å². The summed E-state index contributed by atoms with van der Waals surface area (Å²) in [5.41, 5.74) is -3.29. The Morgan fingerprint density at radius 3 is 2.24 bits per heavy atom. The third-order valence-corrected chi connectivity index (χ3v) is 5.01. The summed E-state index contributed by atoms with van der Waals surface area (Å²) in [6.45, 7) is 5.61. The molecule has 7 nitrogen and oxygen atoms in total. The Morgan fingerprint density at radius 2 is 1.81 bits per heavy atom. The summed E-state index contributed by atoms with van der Waals surface area (Å²) in [4.78, 5) is 9.01. The third-order valence-electron chi connectivity index (χ3n) is 3.33. The molecule has 1 aromatic rings. The lowest BCUT2D eigenvalue weighted by atomic mass is 9.87. The number of halogens is 1. The Hall–Kier alpha value is -1.58. The summed E-state index contributed by atoms with van der Waals surface area (Å²) in [5.74, 6) is -1.11. The Morgan fingerprint density at radius 1 is 1.29 bits per heavy atom. The SMILES string of the molecule is CC(C)(O)C(C)(C)NS(=O)(=O)c1cc([N+](=O)[O-])ccc1F. The van der Waals surface area contributed by atoms with Crippen molar-refractivity contribution in [3.63, 3.8) is 0 Å². The highest BCUT2D eigenvalue weighted by Crippen LogP contribution is 2.26. The van der Waals surface area contributed by atoms with Crippen LogP contribution in [0.4, 0.5) is 10.1 Å². The maximum absolute atomic E-state index is 13.7. The molecule has 0 aliphatic rings. The summed E-state index contributed by atoms with van der Waals surface area (Å²) in [6, 6.07) is 2.22. The molecule has 0 atom stereocenters. The van der Waals surface area contributed by atoms with Crippen molar-refractivity contribution in [3.05, 3.63) is 34.1 Å². The van der Waals surface area contributed by atoms with Gasteiger partial charge in [0.1, 0.15) is 10.7 Å². The zero-order valence-electron chi connectivity index (χ0n) is 12.0. The number of sulfonamides is 1. The number of hydrogen-bond donors (Lipinski definition) is 2. The number of benzene rings is 1. The Bertz CT molecular complexity index is 665. The highest BCUT2D eigenvalue weighted by molar-refractivity contribution is 7.89. The van der Waals surface area contributed by atoms with Crippen molar-refractivity contribution in [1.82, 2.24) is 4.72 Å². The molecule has 0 saturated carbocycles. The van der Waals surface area contributed by atoms with Crippen molar-refractivity contribution >= 4 is 15.7 Å². The molecule has 0 spiro atoms. The second-order valence-electron chi connectivity index (χ2n) is 5.66. The van der Waals surface area contributed by atoms with Crippen LogP contribution in [-0.4, -0.2) is 29.6 Å². The van der Waals surface area contributed by atoms with Gasteiger partial charge in [-0.15, -0.1) is 0 Å². The minimum absolute atomic E-state index is 0.544. The number of nitrogens with zero attached hydrogens (tertiary/aromatic N) is 1. The molecule has 0 saturated heterocycles. The third kappa shape index (κ3) is 3.74. The van der Waals surface area contributed by atoms with Gasteiger partial charge in [-0.05, 0) is 33.8 Å². The first-order valence-corrected chi connectivity index (χ1v) is 7.46. The van der Waals surface area contributed by atoms with Crippen molar-refractivity contribution in [3.8, 4) is 0 Å². The largest absolute Gasteiger partial charge is 0.389 e. The van der Waals surface area contributed by atoms with E-state index in [1.54, 1.807) is 0 Å². The van der Waals surface area contributed by atoms with E-state index in [4.69, 9.17) is 0 Å². The summed E-state index contributed by atoms with van der Waals surface area (Å²) >= 11 is 0. The van der Waals surface area contributed by atoms with Gasteiger partial charge in [-0.3, -0.25) is 10.1 Å². The van der Waals surface area contributed by atoms with Gasteiger partial charge in [0.05, 0.1) is 16.1 Å². The molecule has 0 heterocycles. The van der Waals surface area contributed by atoms with E-state index < -0.39 is 42.5 Å². The lowest BCUT2D eigenvalue weighted by Gasteiger charge is -2.37. The van der Waals surface area contributed by atoms with Gasteiger partial charge in [0.25, 0.3) is 5.69 Å². The van der Waals surface area contributed by atoms with Crippen LogP contribution in [0, 0.1) is 15.9 Å². The first kappa shape index (κ1) is 17.5. The lowest BCUT2D eigenvalue weighted by molar-refractivity contribution is -0.385. The van der Waals surface area contributed by atoms with E-state index in [1.807, 2.05) is 0 Å². The number of rotatable bonds is 5. The Balaban J connectivity index is 3.33. The summed E-state index contributed by atoms with van der Waals surface area (Å²) in [6.07, 6.45) is 0. The summed E-state index contributed by atoms with van der Waals surface area (Å²) in [7, 11) is -4.38. The molecule has 118 valence electrons. The van der Waals surface area contributed by atoms with Crippen LogP contribution in [0.3, 0.4) is 0 Å². The predicted molar refractivity (Wildman–Crippen MR) is 73.8 cm³/mol. The van der Waals surface area contributed by atoms with Gasteiger partial charge in [-0.2, -0.15) is 0 Å². The minimum atomic E-state index is -4.38. The fourth-order valence-corrected chi connectivity index (χ4v) is 2.96. The van der Waals surface area contributed by atoms with Crippen LogP contribution < -0.4 is 4.72 Å². The normalized spacial score (nSPS) is 13.2. The van der Waals surface area contributed by atoms with Gasteiger partial charge < -0.3 is 5.11 Å². The molecule has 0 fully saturated rings. The van der Waals surface area contributed by atoms with E-state index in [-0.39, 0.29) is 0 Å². The molecule has 0 aliphatic carbocycles. The molecule has 1 aromatic carbocycles. The second-order valence-corrected chi connectivity index (χ2v) is 7.31. The van der Waals surface area contributed by atoms with Crippen LogP contribution in [-0.2, 0) is 10.0 Å². The number of nitrogens with one attached hydrogen (secondary N) is 1. The number of non-ortho nitro benzene ring substituents is 1. The van der Waals surface area contributed by atoms with Gasteiger partial charge in [0.2, 0.25) is 10.0 Å². The van der Waals surface area contributed by atoms with Gasteiger partial charge in [0, 0.05) is 12.1 Å². The summed E-state index contributed by atoms with van der Waals surface area (Å²) in [5, 5.41) is 20.6. The molecule has 1 rings (SSSR count). The average Bonchev–Trinajstić information content (AvgIpc) is 2.25. The number of aliphatic hydroxyl groups is 1. The van der Waals surface area contributed by atoms with Crippen LogP contribution in [0.2, 0.25) is 0 Å². The predicted octanol–water partition coefficient (Wildman–Crippen LogP) is 1.56.